The molecule has 0 radical (unpaired) electrons. The summed E-state index contributed by atoms with van der Waals surface area (Å²) in [5.41, 5.74) is 0.337. The zero-order chi connectivity index (χ0) is 24.2. The molecule has 4 saturated carbocycles. The van der Waals surface area contributed by atoms with Crippen LogP contribution in [-0.2, 0) is 14.3 Å². The van der Waals surface area contributed by atoms with E-state index in [4.69, 9.17) is 39.5 Å². The van der Waals surface area contributed by atoms with Gasteiger partial charge in [0.1, 0.15) is 12.4 Å². The molecule has 0 saturated heterocycles. The first-order chi connectivity index (χ1) is 15.3. The van der Waals surface area contributed by atoms with Gasteiger partial charge in [-0.15, -0.1) is 0 Å². The number of aliphatic hydroxyl groups is 1. The highest BCUT2D eigenvalue weighted by Crippen LogP contribution is 2.67. The van der Waals surface area contributed by atoms with E-state index >= 15 is 0 Å². The molecule has 4 aliphatic carbocycles. The number of hydrogen-bond donors (Lipinski definition) is 1. The Kier molecular flexibility index (Phi) is 7.46. The van der Waals surface area contributed by atoms with Crippen LogP contribution in [0.4, 0.5) is 0 Å². The lowest BCUT2D eigenvalue weighted by molar-refractivity contribution is -0.160. The summed E-state index contributed by atoms with van der Waals surface area (Å²) in [5, 5.41) is 10.2. The summed E-state index contributed by atoms with van der Waals surface area (Å²) in [6.45, 7) is 6.84. The second-order valence-electron chi connectivity index (χ2n) is 12.1. The van der Waals surface area contributed by atoms with Gasteiger partial charge in [-0.3, -0.25) is 9.59 Å². The van der Waals surface area contributed by atoms with E-state index in [0.717, 1.165) is 51.4 Å². The Hall–Kier alpha value is -0.0300. The van der Waals surface area contributed by atoms with E-state index in [-0.39, 0.29) is 35.4 Å². The molecule has 0 spiro atoms. The molecule has 0 amide bonds. The summed E-state index contributed by atoms with van der Waals surface area (Å²) < 4.78 is 3.53. The Morgan fingerprint density at radius 1 is 1.12 bits per heavy atom. The summed E-state index contributed by atoms with van der Waals surface area (Å²) in [5.74, 6) is 2.44. The Bertz CT molecular complexity index is 767. The van der Waals surface area contributed by atoms with Gasteiger partial charge in [-0.2, -0.15) is 0 Å². The van der Waals surface area contributed by atoms with Gasteiger partial charge in [0.25, 0.3) is 0 Å². The van der Waals surface area contributed by atoms with Crippen molar-refractivity contribution < 1.29 is 19.4 Å². The van der Waals surface area contributed by atoms with Crippen molar-refractivity contribution in [2.75, 3.05) is 6.61 Å². The van der Waals surface area contributed by atoms with Crippen LogP contribution in [0.15, 0.2) is 0 Å². The summed E-state index contributed by atoms with van der Waals surface area (Å²) in [6, 6.07) is 0. The lowest BCUT2D eigenvalue weighted by Gasteiger charge is -2.60. The van der Waals surface area contributed by atoms with Crippen LogP contribution in [0.2, 0.25) is 0 Å². The van der Waals surface area contributed by atoms with Crippen molar-refractivity contribution in [1.29, 1.82) is 0 Å². The third kappa shape index (κ3) is 4.98. The van der Waals surface area contributed by atoms with Gasteiger partial charge >= 0.3 is 5.97 Å². The second-order valence-corrected chi connectivity index (χ2v) is 14.6. The van der Waals surface area contributed by atoms with E-state index in [0.29, 0.717) is 48.2 Å². The average Bonchev–Trinajstić information content (AvgIpc) is 3.08. The molecule has 0 aromatic carbocycles. The molecule has 9 atom stereocenters. The number of fused-ring (bicyclic) bond motifs is 5. The first kappa shape index (κ1) is 26.0. The monoisotopic (exact) mass is 520 g/mol. The van der Waals surface area contributed by atoms with Crippen LogP contribution in [0.5, 0.6) is 0 Å². The molecule has 33 heavy (non-hydrogen) atoms. The van der Waals surface area contributed by atoms with Crippen molar-refractivity contribution in [2.45, 2.75) is 94.9 Å². The molecular formula is C26H39Cl3O4. The molecule has 0 aromatic heterocycles. The molecule has 0 aliphatic heterocycles. The van der Waals surface area contributed by atoms with Crippen molar-refractivity contribution in [3.05, 3.63) is 0 Å². The fourth-order valence-corrected chi connectivity index (χ4v) is 8.83. The molecule has 4 rings (SSSR count). The normalized spacial score (nSPS) is 43.9. The van der Waals surface area contributed by atoms with Gasteiger partial charge in [-0.1, -0.05) is 55.6 Å². The van der Waals surface area contributed by atoms with Crippen molar-refractivity contribution >= 4 is 46.6 Å². The topological polar surface area (TPSA) is 63.6 Å². The number of alkyl halides is 3. The van der Waals surface area contributed by atoms with Gasteiger partial charge in [0.05, 0.1) is 6.10 Å². The predicted molar refractivity (Wildman–Crippen MR) is 131 cm³/mol. The van der Waals surface area contributed by atoms with Crippen LogP contribution in [-0.4, -0.2) is 33.4 Å². The molecular weight excluding hydrogens is 483 g/mol. The maximum absolute atomic E-state index is 13.5. The number of carbonyl (C=O) groups excluding carboxylic acids is 2. The number of ether oxygens (including phenoxy) is 1. The minimum atomic E-state index is -1.58. The Morgan fingerprint density at radius 2 is 1.79 bits per heavy atom. The van der Waals surface area contributed by atoms with E-state index in [1.165, 1.54) is 0 Å². The van der Waals surface area contributed by atoms with Gasteiger partial charge in [-0.05, 0) is 91.8 Å². The lowest BCUT2D eigenvalue weighted by atomic mass is 9.44. The zero-order valence-corrected chi connectivity index (χ0v) is 22.4. The molecule has 4 aliphatic rings. The largest absolute Gasteiger partial charge is 0.461 e. The van der Waals surface area contributed by atoms with Crippen molar-refractivity contribution in [3.63, 3.8) is 0 Å². The highest BCUT2D eigenvalue weighted by molar-refractivity contribution is 6.67. The van der Waals surface area contributed by atoms with E-state index in [9.17, 15) is 14.7 Å². The summed E-state index contributed by atoms with van der Waals surface area (Å²) in [7, 11) is 0. The van der Waals surface area contributed by atoms with Crippen LogP contribution in [0.25, 0.3) is 0 Å². The van der Waals surface area contributed by atoms with E-state index in [1.54, 1.807) is 0 Å². The highest BCUT2D eigenvalue weighted by Gasteiger charge is 2.63. The fourth-order valence-electron chi connectivity index (χ4n) is 8.67. The number of rotatable bonds is 5. The highest BCUT2D eigenvalue weighted by atomic mass is 35.6. The Morgan fingerprint density at radius 3 is 2.48 bits per heavy atom. The van der Waals surface area contributed by atoms with Crippen LogP contribution < -0.4 is 0 Å². The first-order valence-electron chi connectivity index (χ1n) is 12.8. The van der Waals surface area contributed by atoms with Crippen LogP contribution in [0, 0.1) is 46.3 Å². The molecule has 0 heterocycles. The van der Waals surface area contributed by atoms with Gasteiger partial charge in [0, 0.05) is 18.8 Å². The van der Waals surface area contributed by atoms with Gasteiger partial charge in [0.15, 0.2) is 0 Å². The molecule has 0 unspecified atom stereocenters. The van der Waals surface area contributed by atoms with Crippen molar-refractivity contribution in [3.8, 4) is 0 Å². The van der Waals surface area contributed by atoms with Crippen molar-refractivity contribution in [2.24, 2.45) is 46.3 Å². The first-order valence-corrected chi connectivity index (χ1v) is 13.9. The van der Waals surface area contributed by atoms with Crippen LogP contribution in [0.3, 0.4) is 0 Å². The standard InChI is InChI=1S/C26H39Cl3O4/c1-15(4-7-22(32)33-14-26(27,28)29)18-5-6-19-23-20(9-11-25(18,19)3)24(2)10-8-17(30)12-16(24)13-21(23)31/h15-20,23,30H,4-14H2,1-3H3/t15-,16+,17-,18-,19+,20+,23+,24+,25-/m1/s1. The predicted octanol–water partition coefficient (Wildman–Crippen LogP) is 6.51. The summed E-state index contributed by atoms with van der Waals surface area (Å²) in [4.78, 5) is 25.6. The number of ketones is 1. The molecule has 4 nitrogen and oxygen atoms in total. The Labute approximate surface area is 213 Å². The molecule has 188 valence electrons. The number of halogens is 3. The number of aliphatic hydroxyl groups excluding tert-OH is 1. The minimum Gasteiger partial charge on any atom is -0.461 e. The summed E-state index contributed by atoms with van der Waals surface area (Å²) >= 11 is 17.0. The SMILES string of the molecule is C[C@H](CCC(=O)OCC(Cl)(Cl)Cl)[C@H]1CC[C@H]2[C@@H]3C(=O)C[C@@H]4C[C@H](O)CC[C@]4(C)[C@H]3CC[C@]12C. The molecule has 7 heteroatoms. The van der Waals surface area contributed by atoms with E-state index in [2.05, 4.69) is 20.8 Å². The molecule has 4 fully saturated rings. The fraction of sp³-hybridized carbons (Fsp3) is 0.923. The lowest BCUT2D eigenvalue weighted by Crippen LogP contribution is -2.57. The smallest absolute Gasteiger partial charge is 0.305 e. The van der Waals surface area contributed by atoms with Gasteiger partial charge in [-0.25, -0.2) is 0 Å². The maximum Gasteiger partial charge on any atom is 0.305 e. The third-order valence-electron chi connectivity index (χ3n) is 10.4. The number of Topliss-reactive ketones (excluding diaryl/α,β-unsaturated/α-hetero) is 1. The Balaban J connectivity index is 1.42. The number of esters is 1. The minimum absolute atomic E-state index is 0.148. The molecule has 1 N–H and O–H groups in total. The quantitative estimate of drug-likeness (QED) is 0.331. The molecule has 0 bridgehead atoms. The zero-order valence-electron chi connectivity index (χ0n) is 20.1. The third-order valence-corrected chi connectivity index (χ3v) is 10.7. The molecule has 0 aromatic rings. The number of carbonyl (C=O) groups is 2. The van der Waals surface area contributed by atoms with Gasteiger partial charge < -0.3 is 9.84 Å². The van der Waals surface area contributed by atoms with Crippen LogP contribution >= 0.6 is 34.8 Å². The summed E-state index contributed by atoms with van der Waals surface area (Å²) in [6.07, 6.45) is 8.72. The maximum atomic E-state index is 13.5. The number of hydrogen-bond acceptors (Lipinski definition) is 4. The second kappa shape index (κ2) is 9.45. The van der Waals surface area contributed by atoms with Gasteiger partial charge in [0.2, 0.25) is 3.79 Å². The van der Waals surface area contributed by atoms with Crippen molar-refractivity contribution in [1.82, 2.24) is 0 Å². The van der Waals surface area contributed by atoms with Crippen LogP contribution in [0.1, 0.15) is 85.0 Å². The average molecular weight is 522 g/mol. The van der Waals surface area contributed by atoms with E-state index in [1.807, 2.05) is 0 Å². The van der Waals surface area contributed by atoms with E-state index < -0.39 is 3.79 Å².